The summed E-state index contributed by atoms with van der Waals surface area (Å²) >= 11 is 0. The van der Waals surface area contributed by atoms with Crippen LogP contribution in [0.5, 0.6) is 0 Å². The van der Waals surface area contributed by atoms with Gasteiger partial charge >= 0.3 is 0 Å². The van der Waals surface area contributed by atoms with E-state index in [0.717, 1.165) is 50.9 Å². The molecule has 0 saturated carbocycles. The molecule has 7 nitrogen and oxygen atoms in total. The first-order valence-corrected chi connectivity index (χ1v) is 10.6. The molecule has 2 unspecified atom stereocenters. The van der Waals surface area contributed by atoms with Crippen LogP contribution < -0.4 is 10.6 Å². The van der Waals surface area contributed by atoms with Crippen molar-refractivity contribution in [2.45, 2.75) is 53.1 Å². The van der Waals surface area contributed by atoms with Crippen molar-refractivity contribution in [1.82, 2.24) is 20.4 Å². The summed E-state index contributed by atoms with van der Waals surface area (Å²) in [6.45, 7) is 15.1. The van der Waals surface area contributed by atoms with Crippen LogP contribution in [0.2, 0.25) is 0 Å². The molecule has 0 spiro atoms. The second-order valence-corrected chi connectivity index (χ2v) is 7.54. The number of furan rings is 1. The molecule has 1 aromatic heterocycles. The Labute approximate surface area is 169 Å². The maximum atomic E-state index is 12.2. The molecule has 0 radical (unpaired) electrons. The highest BCUT2D eigenvalue weighted by Gasteiger charge is 2.28. The van der Waals surface area contributed by atoms with Gasteiger partial charge in [0.2, 0.25) is 5.91 Å². The number of likely N-dealkylation sites (N-methyl/N-ethyl adjacent to an activating group) is 1. The number of rotatable bonds is 9. The number of guanidine groups is 1. The highest BCUT2D eigenvalue weighted by atomic mass is 16.3. The topological polar surface area (TPSA) is 73.1 Å². The molecule has 1 amide bonds. The van der Waals surface area contributed by atoms with Crippen LogP contribution in [0.4, 0.5) is 0 Å². The minimum absolute atomic E-state index is 0.0452. The molecule has 0 aliphatic carbocycles. The zero-order valence-electron chi connectivity index (χ0n) is 18.1. The SMILES string of the molecule is CCNC(=NCC(c1ccco1)N(CC)CC)NC1CCN(C(=O)C(C)C)C1. The number of carbonyl (C=O) groups excluding carboxylic acids is 1. The first-order chi connectivity index (χ1) is 13.5. The van der Waals surface area contributed by atoms with E-state index < -0.39 is 0 Å². The largest absolute Gasteiger partial charge is 0.468 e. The zero-order valence-corrected chi connectivity index (χ0v) is 18.1. The highest BCUT2D eigenvalue weighted by Crippen LogP contribution is 2.21. The monoisotopic (exact) mass is 391 g/mol. The summed E-state index contributed by atoms with van der Waals surface area (Å²) in [4.78, 5) is 21.4. The van der Waals surface area contributed by atoms with Gasteiger partial charge in [0.15, 0.2) is 5.96 Å². The van der Waals surface area contributed by atoms with Gasteiger partial charge in [0.05, 0.1) is 18.8 Å². The van der Waals surface area contributed by atoms with E-state index in [-0.39, 0.29) is 23.9 Å². The molecule has 2 N–H and O–H groups in total. The number of nitrogens with one attached hydrogen (secondary N) is 2. The number of likely N-dealkylation sites (tertiary alicyclic amines) is 1. The summed E-state index contributed by atoms with van der Waals surface area (Å²) < 4.78 is 5.67. The van der Waals surface area contributed by atoms with Gasteiger partial charge in [-0.2, -0.15) is 0 Å². The molecular formula is C21H37N5O2. The van der Waals surface area contributed by atoms with Gasteiger partial charge in [0.1, 0.15) is 5.76 Å². The highest BCUT2D eigenvalue weighted by molar-refractivity contribution is 5.81. The van der Waals surface area contributed by atoms with Crippen LogP contribution in [0.1, 0.15) is 52.8 Å². The van der Waals surface area contributed by atoms with Gasteiger partial charge in [0.25, 0.3) is 0 Å². The minimum atomic E-state index is 0.0452. The number of amides is 1. The predicted molar refractivity (Wildman–Crippen MR) is 113 cm³/mol. The lowest BCUT2D eigenvalue weighted by atomic mass is 10.2. The van der Waals surface area contributed by atoms with Crippen molar-refractivity contribution < 1.29 is 9.21 Å². The van der Waals surface area contributed by atoms with E-state index in [2.05, 4.69) is 36.3 Å². The molecule has 2 rings (SSSR count). The summed E-state index contributed by atoms with van der Waals surface area (Å²) in [6.07, 6.45) is 2.67. The van der Waals surface area contributed by atoms with Crippen molar-refractivity contribution in [2.75, 3.05) is 39.3 Å². The van der Waals surface area contributed by atoms with Crippen molar-refractivity contribution >= 4 is 11.9 Å². The van der Waals surface area contributed by atoms with Gasteiger partial charge in [-0.15, -0.1) is 0 Å². The van der Waals surface area contributed by atoms with E-state index in [9.17, 15) is 4.79 Å². The number of hydrogen-bond acceptors (Lipinski definition) is 4. The first kappa shape index (κ1) is 22.3. The van der Waals surface area contributed by atoms with E-state index in [0.29, 0.717) is 6.54 Å². The van der Waals surface area contributed by atoms with Crippen LogP contribution in [-0.2, 0) is 4.79 Å². The Hall–Kier alpha value is -2.02. The molecule has 158 valence electrons. The summed E-state index contributed by atoms with van der Waals surface area (Å²) in [5.74, 6) is 2.02. The van der Waals surface area contributed by atoms with E-state index in [1.54, 1.807) is 6.26 Å². The van der Waals surface area contributed by atoms with E-state index >= 15 is 0 Å². The lowest BCUT2D eigenvalue weighted by Crippen LogP contribution is -2.45. The Balaban J connectivity index is 2.03. The molecule has 1 fully saturated rings. The van der Waals surface area contributed by atoms with E-state index in [1.165, 1.54) is 0 Å². The quantitative estimate of drug-likeness (QED) is 0.500. The third-order valence-electron chi connectivity index (χ3n) is 5.23. The Morgan fingerprint density at radius 1 is 1.36 bits per heavy atom. The molecule has 1 aliphatic rings. The maximum Gasteiger partial charge on any atom is 0.225 e. The van der Waals surface area contributed by atoms with Crippen molar-refractivity contribution in [2.24, 2.45) is 10.9 Å². The average molecular weight is 392 g/mol. The van der Waals surface area contributed by atoms with Crippen LogP contribution in [0.3, 0.4) is 0 Å². The molecule has 1 aliphatic heterocycles. The molecule has 2 heterocycles. The molecule has 1 aromatic rings. The predicted octanol–water partition coefficient (Wildman–Crippen LogP) is 2.47. The lowest BCUT2D eigenvalue weighted by Gasteiger charge is -2.27. The molecule has 2 atom stereocenters. The van der Waals surface area contributed by atoms with Gasteiger partial charge < -0.3 is 20.0 Å². The van der Waals surface area contributed by atoms with Crippen LogP contribution in [-0.4, -0.2) is 67.0 Å². The molecule has 28 heavy (non-hydrogen) atoms. The normalized spacial score (nSPS) is 18.8. The van der Waals surface area contributed by atoms with Crippen LogP contribution in [0.25, 0.3) is 0 Å². The number of hydrogen-bond donors (Lipinski definition) is 2. The van der Waals surface area contributed by atoms with Crippen LogP contribution in [0, 0.1) is 5.92 Å². The Morgan fingerprint density at radius 2 is 2.11 bits per heavy atom. The standard InChI is InChI=1S/C21H37N5O2/c1-6-22-21(24-17-11-12-26(15-17)20(27)16(4)5)23-14-18(25(7-2)8-3)19-10-9-13-28-19/h9-10,13,16-18H,6-8,11-12,14-15H2,1-5H3,(H2,22,23,24). The fourth-order valence-corrected chi connectivity index (χ4v) is 3.67. The summed E-state index contributed by atoms with van der Waals surface area (Å²) in [6, 6.07) is 4.29. The summed E-state index contributed by atoms with van der Waals surface area (Å²) in [7, 11) is 0. The van der Waals surface area contributed by atoms with Crippen molar-refractivity contribution in [1.29, 1.82) is 0 Å². The molecular weight excluding hydrogens is 354 g/mol. The summed E-state index contributed by atoms with van der Waals surface area (Å²) in [5, 5.41) is 6.85. The third kappa shape index (κ3) is 5.99. The Bertz CT molecular complexity index is 610. The number of carbonyl (C=O) groups is 1. The Morgan fingerprint density at radius 3 is 2.68 bits per heavy atom. The smallest absolute Gasteiger partial charge is 0.225 e. The van der Waals surface area contributed by atoms with Crippen LogP contribution in [0.15, 0.2) is 27.8 Å². The fraction of sp³-hybridized carbons (Fsp3) is 0.714. The van der Waals surface area contributed by atoms with E-state index in [4.69, 9.17) is 9.41 Å². The molecule has 0 bridgehead atoms. The molecule has 1 saturated heterocycles. The number of aliphatic imine (C=N–C) groups is 1. The van der Waals surface area contributed by atoms with Gasteiger partial charge in [-0.3, -0.25) is 14.7 Å². The minimum Gasteiger partial charge on any atom is -0.468 e. The van der Waals surface area contributed by atoms with Crippen LogP contribution >= 0.6 is 0 Å². The average Bonchev–Trinajstić information content (AvgIpc) is 3.36. The first-order valence-electron chi connectivity index (χ1n) is 10.6. The second-order valence-electron chi connectivity index (χ2n) is 7.54. The van der Waals surface area contributed by atoms with Crippen molar-refractivity contribution in [3.05, 3.63) is 24.2 Å². The second kappa shape index (κ2) is 11.1. The summed E-state index contributed by atoms with van der Waals surface area (Å²) in [5.41, 5.74) is 0. The van der Waals surface area contributed by atoms with Gasteiger partial charge in [-0.05, 0) is 38.6 Å². The van der Waals surface area contributed by atoms with Gasteiger partial charge in [-0.25, -0.2) is 0 Å². The maximum absolute atomic E-state index is 12.2. The van der Waals surface area contributed by atoms with Crippen molar-refractivity contribution in [3.63, 3.8) is 0 Å². The zero-order chi connectivity index (χ0) is 20.5. The third-order valence-corrected chi connectivity index (χ3v) is 5.23. The molecule has 7 heteroatoms. The Kier molecular flexibility index (Phi) is 8.83. The van der Waals surface area contributed by atoms with Crippen molar-refractivity contribution in [3.8, 4) is 0 Å². The lowest BCUT2D eigenvalue weighted by molar-refractivity contribution is -0.133. The van der Waals surface area contributed by atoms with E-state index in [1.807, 2.05) is 30.9 Å². The molecule has 0 aromatic carbocycles. The fourth-order valence-electron chi connectivity index (χ4n) is 3.67. The van der Waals surface area contributed by atoms with Gasteiger partial charge in [0, 0.05) is 31.6 Å². The number of nitrogens with zero attached hydrogens (tertiary/aromatic N) is 3. The van der Waals surface area contributed by atoms with Gasteiger partial charge in [-0.1, -0.05) is 27.7 Å².